The van der Waals surface area contributed by atoms with Crippen molar-refractivity contribution >= 4 is 11.7 Å². The standard InChI is InChI=1S/C20H29N3O/c1-13-10-9-11-15(14(13)2)23-17(21-18(24)20(6,7)8)12-16(22-23)19(3,4)5/h9-12H,1-8H3,(H,21,24). The van der Waals surface area contributed by atoms with Crippen LogP contribution < -0.4 is 5.32 Å². The molecule has 130 valence electrons. The van der Waals surface area contributed by atoms with E-state index >= 15 is 0 Å². The Labute approximate surface area is 145 Å². The van der Waals surface area contributed by atoms with Crippen LogP contribution in [0.4, 0.5) is 5.82 Å². The van der Waals surface area contributed by atoms with Crippen molar-refractivity contribution in [1.29, 1.82) is 0 Å². The Morgan fingerprint density at radius 1 is 1.08 bits per heavy atom. The molecule has 0 saturated heterocycles. The maximum atomic E-state index is 12.5. The largest absolute Gasteiger partial charge is 0.310 e. The average molecular weight is 327 g/mol. The molecule has 0 aliphatic heterocycles. The summed E-state index contributed by atoms with van der Waals surface area (Å²) in [5, 5.41) is 7.84. The monoisotopic (exact) mass is 327 g/mol. The van der Waals surface area contributed by atoms with E-state index in [0.717, 1.165) is 16.9 Å². The topological polar surface area (TPSA) is 46.9 Å². The highest BCUT2D eigenvalue weighted by molar-refractivity contribution is 5.94. The van der Waals surface area contributed by atoms with Crippen LogP contribution in [0.2, 0.25) is 0 Å². The number of amides is 1. The van der Waals surface area contributed by atoms with Crippen LogP contribution in [0.15, 0.2) is 24.3 Å². The zero-order chi connectivity index (χ0) is 18.3. The molecule has 24 heavy (non-hydrogen) atoms. The normalized spacial score (nSPS) is 12.3. The quantitative estimate of drug-likeness (QED) is 0.863. The van der Waals surface area contributed by atoms with Crippen LogP contribution in [-0.2, 0) is 10.2 Å². The van der Waals surface area contributed by atoms with E-state index in [9.17, 15) is 4.79 Å². The molecule has 1 aromatic heterocycles. The number of benzene rings is 1. The lowest BCUT2D eigenvalue weighted by atomic mass is 9.92. The van der Waals surface area contributed by atoms with E-state index in [2.05, 4.69) is 46.0 Å². The summed E-state index contributed by atoms with van der Waals surface area (Å²) in [4.78, 5) is 12.5. The predicted molar refractivity (Wildman–Crippen MR) is 99.8 cm³/mol. The molecule has 1 N–H and O–H groups in total. The Balaban J connectivity index is 2.59. The summed E-state index contributed by atoms with van der Waals surface area (Å²) >= 11 is 0. The lowest BCUT2D eigenvalue weighted by molar-refractivity contribution is -0.123. The first kappa shape index (κ1) is 18.2. The summed E-state index contributed by atoms with van der Waals surface area (Å²) in [5.74, 6) is 0.697. The third kappa shape index (κ3) is 3.69. The van der Waals surface area contributed by atoms with Crippen LogP contribution in [0.1, 0.15) is 58.4 Å². The lowest BCUT2D eigenvalue weighted by Crippen LogP contribution is -2.28. The number of anilines is 1. The minimum absolute atomic E-state index is 0.0191. The van der Waals surface area contributed by atoms with Gasteiger partial charge in [0.05, 0.1) is 11.4 Å². The van der Waals surface area contributed by atoms with Crippen LogP contribution in [0.25, 0.3) is 5.69 Å². The third-order valence-electron chi connectivity index (χ3n) is 4.20. The number of aryl methyl sites for hydroxylation is 1. The summed E-state index contributed by atoms with van der Waals surface area (Å²) in [6.45, 7) is 16.3. The van der Waals surface area contributed by atoms with Gasteiger partial charge in [0, 0.05) is 16.9 Å². The number of aromatic nitrogens is 2. The SMILES string of the molecule is Cc1cccc(-n2nc(C(C)(C)C)cc2NC(=O)C(C)(C)C)c1C. The van der Waals surface area contributed by atoms with E-state index in [1.54, 1.807) is 0 Å². The van der Waals surface area contributed by atoms with Gasteiger partial charge in [-0.05, 0) is 31.0 Å². The molecule has 1 heterocycles. The fraction of sp³-hybridized carbons (Fsp3) is 0.500. The molecule has 2 rings (SSSR count). The van der Waals surface area contributed by atoms with E-state index in [4.69, 9.17) is 5.10 Å². The Morgan fingerprint density at radius 2 is 1.71 bits per heavy atom. The summed E-state index contributed by atoms with van der Waals surface area (Å²) < 4.78 is 1.85. The van der Waals surface area contributed by atoms with Gasteiger partial charge in [-0.2, -0.15) is 5.10 Å². The number of hydrogen-bond donors (Lipinski definition) is 1. The van der Waals surface area contributed by atoms with Crippen molar-refractivity contribution in [2.45, 2.75) is 60.8 Å². The van der Waals surface area contributed by atoms with Gasteiger partial charge in [-0.15, -0.1) is 0 Å². The van der Waals surface area contributed by atoms with Crippen molar-refractivity contribution in [2.75, 3.05) is 5.32 Å². The van der Waals surface area contributed by atoms with Gasteiger partial charge in [-0.25, -0.2) is 4.68 Å². The van der Waals surface area contributed by atoms with Crippen LogP contribution in [0.5, 0.6) is 0 Å². The molecule has 0 atom stereocenters. The number of carbonyl (C=O) groups is 1. The maximum Gasteiger partial charge on any atom is 0.230 e. The van der Waals surface area contributed by atoms with Gasteiger partial charge in [0.25, 0.3) is 0 Å². The molecule has 4 heteroatoms. The highest BCUT2D eigenvalue weighted by atomic mass is 16.2. The number of nitrogens with zero attached hydrogens (tertiary/aromatic N) is 2. The van der Waals surface area contributed by atoms with Crippen LogP contribution >= 0.6 is 0 Å². The Kier molecular flexibility index (Phi) is 4.62. The first-order valence-electron chi connectivity index (χ1n) is 8.40. The van der Waals surface area contributed by atoms with E-state index in [0.29, 0.717) is 5.82 Å². The summed E-state index contributed by atoms with van der Waals surface area (Å²) in [7, 11) is 0. The second-order valence-electron chi connectivity index (χ2n) is 8.50. The van der Waals surface area contributed by atoms with Crippen molar-refractivity contribution in [1.82, 2.24) is 9.78 Å². The highest BCUT2D eigenvalue weighted by Gasteiger charge is 2.26. The van der Waals surface area contributed by atoms with Crippen LogP contribution in [-0.4, -0.2) is 15.7 Å². The molecule has 0 fully saturated rings. The van der Waals surface area contributed by atoms with Gasteiger partial charge in [0.15, 0.2) is 0 Å². The smallest absolute Gasteiger partial charge is 0.230 e. The Hall–Kier alpha value is -2.10. The first-order chi connectivity index (χ1) is 10.9. The van der Waals surface area contributed by atoms with Crippen molar-refractivity contribution in [3.63, 3.8) is 0 Å². The van der Waals surface area contributed by atoms with Gasteiger partial charge in [0.2, 0.25) is 5.91 Å². The molecular weight excluding hydrogens is 298 g/mol. The van der Waals surface area contributed by atoms with Gasteiger partial charge in [-0.1, -0.05) is 53.7 Å². The van der Waals surface area contributed by atoms with E-state index in [1.807, 2.05) is 43.7 Å². The molecule has 1 aromatic carbocycles. The third-order valence-corrected chi connectivity index (χ3v) is 4.20. The molecule has 1 amide bonds. The average Bonchev–Trinajstić information content (AvgIpc) is 2.84. The molecular formula is C20H29N3O. The van der Waals surface area contributed by atoms with Gasteiger partial charge < -0.3 is 5.32 Å². The summed E-state index contributed by atoms with van der Waals surface area (Å²) in [5.41, 5.74) is 3.76. The summed E-state index contributed by atoms with van der Waals surface area (Å²) in [6.07, 6.45) is 0. The number of hydrogen-bond acceptors (Lipinski definition) is 2. The minimum atomic E-state index is -0.460. The molecule has 0 radical (unpaired) electrons. The zero-order valence-corrected chi connectivity index (χ0v) is 16.1. The van der Waals surface area contributed by atoms with E-state index < -0.39 is 5.41 Å². The van der Waals surface area contributed by atoms with Crippen molar-refractivity contribution < 1.29 is 4.79 Å². The second kappa shape index (κ2) is 6.08. The van der Waals surface area contributed by atoms with Gasteiger partial charge >= 0.3 is 0 Å². The van der Waals surface area contributed by atoms with Crippen molar-refractivity contribution in [3.8, 4) is 5.69 Å². The molecule has 2 aromatic rings. The minimum Gasteiger partial charge on any atom is -0.310 e. The molecule has 0 unspecified atom stereocenters. The molecule has 0 saturated carbocycles. The number of carbonyl (C=O) groups excluding carboxylic acids is 1. The molecule has 0 spiro atoms. The fourth-order valence-corrected chi connectivity index (χ4v) is 2.29. The Bertz CT molecular complexity index is 758. The fourth-order valence-electron chi connectivity index (χ4n) is 2.29. The molecule has 0 aliphatic carbocycles. The zero-order valence-electron chi connectivity index (χ0n) is 16.1. The lowest BCUT2D eigenvalue weighted by Gasteiger charge is -2.19. The van der Waals surface area contributed by atoms with E-state index in [1.165, 1.54) is 5.56 Å². The Morgan fingerprint density at radius 3 is 2.25 bits per heavy atom. The van der Waals surface area contributed by atoms with Crippen LogP contribution in [0.3, 0.4) is 0 Å². The number of nitrogens with one attached hydrogen (secondary N) is 1. The predicted octanol–water partition coefficient (Wildman–Crippen LogP) is 4.77. The molecule has 4 nitrogen and oxygen atoms in total. The summed E-state index contributed by atoms with van der Waals surface area (Å²) in [6, 6.07) is 8.12. The molecule has 0 aliphatic rings. The maximum absolute atomic E-state index is 12.5. The highest BCUT2D eigenvalue weighted by Crippen LogP contribution is 2.29. The van der Waals surface area contributed by atoms with E-state index in [-0.39, 0.29) is 11.3 Å². The number of rotatable bonds is 2. The molecule has 0 bridgehead atoms. The van der Waals surface area contributed by atoms with Crippen LogP contribution in [0, 0.1) is 19.3 Å². The van der Waals surface area contributed by atoms with Gasteiger partial charge in [-0.3, -0.25) is 4.79 Å². The van der Waals surface area contributed by atoms with Crippen molar-refractivity contribution in [3.05, 3.63) is 41.1 Å². The van der Waals surface area contributed by atoms with Gasteiger partial charge in [0.1, 0.15) is 5.82 Å². The second-order valence-corrected chi connectivity index (χ2v) is 8.50. The van der Waals surface area contributed by atoms with Crippen molar-refractivity contribution in [2.24, 2.45) is 5.41 Å². The first-order valence-corrected chi connectivity index (χ1v) is 8.40.